The first-order valence-electron chi connectivity index (χ1n) is 9.00. The van der Waals surface area contributed by atoms with Crippen molar-refractivity contribution in [3.8, 4) is 0 Å². The summed E-state index contributed by atoms with van der Waals surface area (Å²) in [5.41, 5.74) is -0.104. The summed E-state index contributed by atoms with van der Waals surface area (Å²) in [6.07, 6.45) is -0.904. The van der Waals surface area contributed by atoms with E-state index in [1.165, 1.54) is 12.1 Å². The van der Waals surface area contributed by atoms with Gasteiger partial charge in [-0.2, -0.15) is 13.2 Å². The Balaban J connectivity index is 1.82. The minimum absolute atomic E-state index is 0.0369. The molecule has 0 spiro atoms. The van der Waals surface area contributed by atoms with E-state index in [4.69, 9.17) is 0 Å². The van der Waals surface area contributed by atoms with Gasteiger partial charge >= 0.3 is 6.18 Å². The molecular weight excluding hydrogens is 329 g/mol. The molecule has 1 unspecified atom stereocenters. The smallest absolute Gasteiger partial charge is 0.333 e. The summed E-state index contributed by atoms with van der Waals surface area (Å²) in [7, 11) is 0. The monoisotopic (exact) mass is 354 g/mol. The Morgan fingerprint density at radius 2 is 2.00 bits per heavy atom. The van der Waals surface area contributed by atoms with Crippen molar-refractivity contribution < 1.29 is 18.0 Å². The van der Waals surface area contributed by atoms with Crippen LogP contribution in [0.4, 0.5) is 13.2 Å². The van der Waals surface area contributed by atoms with Gasteiger partial charge < -0.3 is 10.2 Å². The van der Waals surface area contributed by atoms with Crippen LogP contribution in [0.2, 0.25) is 0 Å². The number of hydrogen-bond donors (Lipinski definition) is 1. The average molecular weight is 354 g/mol. The van der Waals surface area contributed by atoms with Crippen molar-refractivity contribution in [2.75, 3.05) is 6.54 Å². The molecule has 0 bridgehead atoms. The zero-order valence-electron chi connectivity index (χ0n) is 14.6. The van der Waals surface area contributed by atoms with Crippen LogP contribution in [0.15, 0.2) is 24.3 Å². The minimum Gasteiger partial charge on any atom is -0.333 e. The van der Waals surface area contributed by atoms with Crippen molar-refractivity contribution in [2.45, 2.75) is 63.8 Å². The number of nitrogens with one attached hydrogen (secondary N) is 1. The van der Waals surface area contributed by atoms with Gasteiger partial charge in [-0.1, -0.05) is 12.1 Å². The first-order chi connectivity index (χ1) is 11.8. The van der Waals surface area contributed by atoms with Crippen LogP contribution in [0.25, 0.3) is 0 Å². The third-order valence-corrected chi connectivity index (χ3v) is 5.28. The van der Waals surface area contributed by atoms with Gasteiger partial charge in [0.15, 0.2) is 0 Å². The van der Waals surface area contributed by atoms with Gasteiger partial charge in [-0.05, 0) is 63.8 Å². The quantitative estimate of drug-likeness (QED) is 0.881. The number of alkyl halides is 3. The lowest BCUT2D eigenvalue weighted by molar-refractivity contribution is -0.139. The fourth-order valence-electron chi connectivity index (χ4n) is 3.74. The normalized spacial score (nSPS) is 25.5. The molecule has 3 nitrogen and oxygen atoms in total. The van der Waals surface area contributed by atoms with Crippen molar-refractivity contribution in [1.29, 1.82) is 0 Å². The van der Waals surface area contributed by atoms with E-state index in [9.17, 15) is 18.0 Å². The highest BCUT2D eigenvalue weighted by molar-refractivity contribution is 5.80. The largest absolute Gasteiger partial charge is 0.416 e. The molecule has 2 fully saturated rings. The van der Waals surface area contributed by atoms with E-state index in [0.29, 0.717) is 11.6 Å². The first kappa shape index (κ1) is 18.2. The lowest BCUT2D eigenvalue weighted by atomic mass is 9.91. The predicted molar refractivity (Wildman–Crippen MR) is 89.9 cm³/mol. The third kappa shape index (κ3) is 4.17. The van der Waals surface area contributed by atoms with Gasteiger partial charge in [0, 0.05) is 18.0 Å². The Bertz CT molecular complexity index is 627. The molecule has 6 heteroatoms. The summed E-state index contributed by atoms with van der Waals surface area (Å²) >= 11 is 0. The Labute approximate surface area is 146 Å². The Kier molecular flexibility index (Phi) is 5.09. The van der Waals surface area contributed by atoms with Crippen LogP contribution in [0.3, 0.4) is 0 Å². The second-order valence-electron chi connectivity index (χ2n) is 7.35. The van der Waals surface area contributed by atoms with Gasteiger partial charge in [0.1, 0.15) is 0 Å². The van der Waals surface area contributed by atoms with Crippen LogP contribution in [0.5, 0.6) is 0 Å². The highest BCUT2D eigenvalue weighted by atomic mass is 19.4. The lowest BCUT2D eigenvalue weighted by Gasteiger charge is -2.36. The second-order valence-corrected chi connectivity index (χ2v) is 7.35. The maximum absolute atomic E-state index is 13.1. The molecule has 1 aliphatic carbocycles. The van der Waals surface area contributed by atoms with E-state index in [2.05, 4.69) is 12.2 Å². The van der Waals surface area contributed by atoms with E-state index in [-0.39, 0.29) is 23.9 Å². The minimum atomic E-state index is -4.37. The summed E-state index contributed by atoms with van der Waals surface area (Å²) in [6, 6.07) is 5.50. The Hall–Kier alpha value is -1.56. The predicted octanol–water partition coefficient (Wildman–Crippen LogP) is 4.15. The van der Waals surface area contributed by atoms with Crippen molar-refractivity contribution in [3.05, 3.63) is 35.4 Å². The number of rotatable bonds is 4. The molecule has 1 amide bonds. The number of benzene rings is 1. The average Bonchev–Trinajstić information content (AvgIpc) is 3.39. The maximum atomic E-state index is 13.1. The van der Waals surface area contributed by atoms with Gasteiger partial charge in [-0.25, -0.2) is 0 Å². The molecule has 2 aliphatic rings. The number of halogens is 3. The third-order valence-electron chi connectivity index (χ3n) is 5.28. The molecular formula is C19H25F3N2O. The standard InChI is InChI=1S/C19H25F3N2O/c1-12-10-15(8-9-23-12)18(25)24(17-6-7-17)13(2)14-4-3-5-16(11-14)19(20,21)22/h3-5,11-13,15,17,23H,6-10H2,1-2H3/t12-,13?,15-/m0/s1. The zero-order chi connectivity index (χ0) is 18.2. The SMILES string of the molecule is CC(c1cccc(C(F)(F)F)c1)N(C(=O)[C@H]1CCN[C@@H](C)C1)C1CC1. The maximum Gasteiger partial charge on any atom is 0.416 e. The highest BCUT2D eigenvalue weighted by Gasteiger charge is 2.40. The van der Waals surface area contributed by atoms with Gasteiger partial charge in [0.05, 0.1) is 11.6 Å². The van der Waals surface area contributed by atoms with E-state index in [1.54, 1.807) is 6.07 Å². The molecule has 1 N–H and O–H groups in total. The Morgan fingerprint density at radius 3 is 2.60 bits per heavy atom. The Morgan fingerprint density at radius 1 is 1.28 bits per heavy atom. The number of hydrogen-bond acceptors (Lipinski definition) is 2. The molecule has 1 saturated heterocycles. The molecule has 1 aliphatic heterocycles. The van der Waals surface area contributed by atoms with Crippen LogP contribution >= 0.6 is 0 Å². The summed E-state index contributed by atoms with van der Waals surface area (Å²) in [5, 5.41) is 3.34. The van der Waals surface area contributed by atoms with Gasteiger partial charge in [-0.15, -0.1) is 0 Å². The van der Waals surface area contributed by atoms with E-state index >= 15 is 0 Å². The van der Waals surface area contributed by atoms with E-state index < -0.39 is 11.7 Å². The fraction of sp³-hybridized carbons (Fsp3) is 0.632. The molecule has 3 atom stereocenters. The molecule has 0 radical (unpaired) electrons. The van der Waals surface area contributed by atoms with Crippen molar-refractivity contribution in [1.82, 2.24) is 10.2 Å². The number of nitrogens with zero attached hydrogens (tertiary/aromatic N) is 1. The number of piperidine rings is 1. The van der Waals surface area contributed by atoms with E-state index in [0.717, 1.165) is 38.3 Å². The fourth-order valence-corrected chi connectivity index (χ4v) is 3.74. The summed E-state index contributed by atoms with van der Waals surface area (Å²) in [5.74, 6) is 0.0610. The molecule has 138 valence electrons. The number of carbonyl (C=O) groups is 1. The molecule has 1 aromatic rings. The second kappa shape index (κ2) is 6.98. The van der Waals surface area contributed by atoms with Crippen molar-refractivity contribution >= 4 is 5.91 Å². The number of carbonyl (C=O) groups excluding carboxylic acids is 1. The van der Waals surface area contributed by atoms with Crippen molar-refractivity contribution in [3.63, 3.8) is 0 Å². The summed E-state index contributed by atoms with van der Waals surface area (Å²) < 4.78 is 39.0. The van der Waals surface area contributed by atoms with Gasteiger partial charge in [-0.3, -0.25) is 4.79 Å². The molecule has 1 heterocycles. The van der Waals surface area contributed by atoms with Crippen LogP contribution in [-0.2, 0) is 11.0 Å². The van der Waals surface area contributed by atoms with E-state index in [1.807, 2.05) is 11.8 Å². The molecule has 1 aromatic carbocycles. The van der Waals surface area contributed by atoms with Crippen LogP contribution in [0.1, 0.15) is 56.7 Å². The zero-order valence-corrected chi connectivity index (χ0v) is 14.6. The summed E-state index contributed by atoms with van der Waals surface area (Å²) in [4.78, 5) is 14.9. The first-order valence-corrected chi connectivity index (χ1v) is 9.00. The lowest BCUT2D eigenvalue weighted by Crippen LogP contribution is -2.45. The van der Waals surface area contributed by atoms with Crippen LogP contribution in [-0.4, -0.2) is 29.4 Å². The van der Waals surface area contributed by atoms with Crippen LogP contribution < -0.4 is 5.32 Å². The van der Waals surface area contributed by atoms with Gasteiger partial charge in [0.2, 0.25) is 5.91 Å². The number of amides is 1. The van der Waals surface area contributed by atoms with Gasteiger partial charge in [0.25, 0.3) is 0 Å². The molecule has 1 saturated carbocycles. The summed E-state index contributed by atoms with van der Waals surface area (Å²) in [6.45, 7) is 4.72. The van der Waals surface area contributed by atoms with Crippen LogP contribution in [0, 0.1) is 5.92 Å². The highest BCUT2D eigenvalue weighted by Crippen LogP contribution is 2.38. The molecule has 25 heavy (non-hydrogen) atoms. The molecule has 0 aromatic heterocycles. The topological polar surface area (TPSA) is 32.3 Å². The molecule has 3 rings (SSSR count). The van der Waals surface area contributed by atoms with Crippen molar-refractivity contribution in [2.24, 2.45) is 5.92 Å².